The summed E-state index contributed by atoms with van der Waals surface area (Å²) in [7, 11) is -6.93. The van der Waals surface area contributed by atoms with Gasteiger partial charge in [0.05, 0.1) is 28.1 Å². The number of carbonyl (C=O) groups excluding carboxylic acids is 1. The van der Waals surface area contributed by atoms with Gasteiger partial charge in [-0.15, -0.1) is 0 Å². The number of nitrogens with one attached hydrogen (secondary N) is 2. The van der Waals surface area contributed by atoms with Crippen LogP contribution in [0, 0.1) is 13.8 Å². The summed E-state index contributed by atoms with van der Waals surface area (Å²) in [6.45, 7) is 8.68. The molecule has 1 aromatic heterocycles. The van der Waals surface area contributed by atoms with Crippen LogP contribution in [0.25, 0.3) is 0 Å². The van der Waals surface area contributed by atoms with Crippen LogP contribution in [0.2, 0.25) is 0 Å². The van der Waals surface area contributed by atoms with Gasteiger partial charge in [0.25, 0.3) is 5.91 Å². The van der Waals surface area contributed by atoms with Crippen LogP contribution >= 0.6 is 0 Å². The summed E-state index contributed by atoms with van der Waals surface area (Å²) < 4.78 is 53.2. The van der Waals surface area contributed by atoms with Gasteiger partial charge in [-0.3, -0.25) is 4.79 Å². The zero-order chi connectivity index (χ0) is 23.2. The maximum absolute atomic E-state index is 13.0. The summed E-state index contributed by atoms with van der Waals surface area (Å²) >= 11 is 0. The molecule has 1 saturated heterocycles. The fourth-order valence-electron chi connectivity index (χ4n) is 3.52. The molecule has 1 unspecified atom stereocenters. The van der Waals surface area contributed by atoms with E-state index in [-0.39, 0.29) is 28.0 Å². The Kier molecular flexibility index (Phi) is 6.07. The maximum atomic E-state index is 13.0. The monoisotopic (exact) mass is 468 g/mol. The van der Waals surface area contributed by atoms with Crippen molar-refractivity contribution in [1.29, 1.82) is 0 Å². The number of aryl methyl sites for hydroxylation is 2. The van der Waals surface area contributed by atoms with Gasteiger partial charge in [-0.2, -0.15) is 5.10 Å². The van der Waals surface area contributed by atoms with E-state index in [0.29, 0.717) is 23.5 Å². The molecular formula is C20H28N4O5S2. The Morgan fingerprint density at radius 1 is 1.19 bits per heavy atom. The first-order valence-corrected chi connectivity index (χ1v) is 13.2. The zero-order valence-corrected chi connectivity index (χ0v) is 19.9. The third kappa shape index (κ3) is 5.52. The number of benzene rings is 1. The predicted molar refractivity (Wildman–Crippen MR) is 118 cm³/mol. The minimum atomic E-state index is -3.81. The average Bonchev–Trinajstić information content (AvgIpc) is 3.14. The van der Waals surface area contributed by atoms with E-state index in [9.17, 15) is 21.6 Å². The highest BCUT2D eigenvalue weighted by Crippen LogP contribution is 2.28. The van der Waals surface area contributed by atoms with Crippen LogP contribution in [0.15, 0.2) is 29.2 Å². The van der Waals surface area contributed by atoms with Crippen LogP contribution < -0.4 is 10.0 Å². The van der Waals surface area contributed by atoms with Gasteiger partial charge < -0.3 is 5.32 Å². The third-order valence-corrected chi connectivity index (χ3v) is 8.36. The first-order chi connectivity index (χ1) is 14.2. The molecule has 9 nitrogen and oxygen atoms in total. The first kappa shape index (κ1) is 23.4. The molecule has 0 aliphatic carbocycles. The van der Waals surface area contributed by atoms with Gasteiger partial charge in [0.1, 0.15) is 5.82 Å². The van der Waals surface area contributed by atoms with E-state index in [1.165, 1.54) is 16.8 Å². The molecule has 1 aliphatic rings. The summed E-state index contributed by atoms with van der Waals surface area (Å²) in [6, 6.07) is 5.69. The number of sulfone groups is 1. The predicted octanol–water partition coefficient (Wildman–Crippen LogP) is 2.19. The lowest BCUT2D eigenvalue weighted by Crippen LogP contribution is -2.40. The second-order valence-electron chi connectivity index (χ2n) is 8.96. The van der Waals surface area contributed by atoms with Crippen molar-refractivity contribution >= 4 is 31.6 Å². The average molecular weight is 469 g/mol. The first-order valence-electron chi connectivity index (χ1n) is 9.89. The molecular weight excluding hydrogens is 440 g/mol. The van der Waals surface area contributed by atoms with Crippen molar-refractivity contribution in [2.45, 2.75) is 57.5 Å². The summed E-state index contributed by atoms with van der Waals surface area (Å²) in [5, 5.41) is 7.13. The van der Waals surface area contributed by atoms with Crippen molar-refractivity contribution in [2.24, 2.45) is 0 Å². The van der Waals surface area contributed by atoms with Gasteiger partial charge in [-0.25, -0.2) is 26.2 Å². The Morgan fingerprint density at radius 2 is 1.87 bits per heavy atom. The number of aromatic nitrogens is 2. The molecule has 1 aromatic carbocycles. The van der Waals surface area contributed by atoms with Crippen LogP contribution in [-0.4, -0.2) is 49.6 Å². The SMILES string of the molecule is Cc1cc(NC(=O)c2cc(S(=O)(=O)NC(C)(C)C)ccc2C)n(C2CCS(=O)(=O)C2)n1. The number of anilines is 1. The molecule has 0 spiro atoms. The topological polar surface area (TPSA) is 127 Å². The molecule has 0 saturated carbocycles. The number of sulfonamides is 1. The smallest absolute Gasteiger partial charge is 0.257 e. The van der Waals surface area contributed by atoms with E-state index in [2.05, 4.69) is 15.1 Å². The largest absolute Gasteiger partial charge is 0.307 e. The lowest BCUT2D eigenvalue weighted by molar-refractivity contribution is 0.102. The molecule has 1 aliphatic heterocycles. The molecule has 0 bridgehead atoms. The molecule has 2 heterocycles. The van der Waals surface area contributed by atoms with Crippen molar-refractivity contribution in [3.8, 4) is 0 Å². The molecule has 1 atom stereocenters. The zero-order valence-electron chi connectivity index (χ0n) is 18.3. The maximum Gasteiger partial charge on any atom is 0.257 e. The minimum absolute atomic E-state index is 0.00949. The Balaban J connectivity index is 1.90. The van der Waals surface area contributed by atoms with Crippen LogP contribution in [0.1, 0.15) is 54.8 Å². The number of amides is 1. The number of rotatable bonds is 5. The molecule has 2 aromatic rings. The van der Waals surface area contributed by atoms with E-state index < -0.39 is 31.3 Å². The second-order valence-corrected chi connectivity index (χ2v) is 12.9. The Hall–Kier alpha value is -2.24. The van der Waals surface area contributed by atoms with Gasteiger partial charge in [0.2, 0.25) is 10.0 Å². The summed E-state index contributed by atoms with van der Waals surface area (Å²) in [5.41, 5.74) is 0.791. The van der Waals surface area contributed by atoms with E-state index in [1.54, 1.807) is 46.8 Å². The van der Waals surface area contributed by atoms with E-state index >= 15 is 0 Å². The van der Waals surface area contributed by atoms with Crippen molar-refractivity contribution in [3.05, 3.63) is 41.1 Å². The third-order valence-electron chi connectivity index (χ3n) is 4.86. The molecule has 1 amide bonds. The number of hydrogen-bond donors (Lipinski definition) is 2. The van der Waals surface area contributed by atoms with Crippen molar-refractivity contribution in [2.75, 3.05) is 16.8 Å². The summed E-state index contributed by atoms with van der Waals surface area (Å²) in [6.07, 6.45) is 0.428. The number of hydrogen-bond acceptors (Lipinski definition) is 6. The van der Waals surface area contributed by atoms with Crippen LogP contribution in [-0.2, 0) is 19.9 Å². The molecule has 1 fully saturated rings. The van der Waals surface area contributed by atoms with Crippen molar-refractivity contribution in [3.63, 3.8) is 0 Å². The minimum Gasteiger partial charge on any atom is -0.307 e. The molecule has 170 valence electrons. The van der Waals surface area contributed by atoms with E-state index in [0.717, 1.165) is 0 Å². The lowest BCUT2D eigenvalue weighted by Gasteiger charge is -2.21. The van der Waals surface area contributed by atoms with Gasteiger partial charge in [-0.1, -0.05) is 6.07 Å². The van der Waals surface area contributed by atoms with Gasteiger partial charge >= 0.3 is 0 Å². The second kappa shape index (κ2) is 8.03. The Labute approximate surface area is 183 Å². The van der Waals surface area contributed by atoms with Gasteiger partial charge in [-0.05, 0) is 58.7 Å². The summed E-state index contributed by atoms with van der Waals surface area (Å²) in [4.78, 5) is 13.0. The molecule has 3 rings (SSSR count). The highest BCUT2D eigenvalue weighted by Gasteiger charge is 2.31. The number of carbonyl (C=O) groups is 1. The van der Waals surface area contributed by atoms with Crippen molar-refractivity contribution in [1.82, 2.24) is 14.5 Å². The van der Waals surface area contributed by atoms with Crippen LogP contribution in [0.4, 0.5) is 5.82 Å². The lowest BCUT2D eigenvalue weighted by atomic mass is 10.1. The highest BCUT2D eigenvalue weighted by atomic mass is 32.2. The van der Waals surface area contributed by atoms with E-state index in [4.69, 9.17) is 0 Å². The van der Waals surface area contributed by atoms with E-state index in [1.807, 2.05) is 0 Å². The fraction of sp³-hybridized carbons (Fsp3) is 0.500. The fourth-order valence-corrected chi connectivity index (χ4v) is 6.65. The van der Waals surface area contributed by atoms with Gasteiger partial charge in [0, 0.05) is 17.2 Å². The normalized spacial score (nSPS) is 18.8. The molecule has 0 radical (unpaired) electrons. The molecule has 2 N–H and O–H groups in total. The summed E-state index contributed by atoms with van der Waals surface area (Å²) in [5.74, 6) is -0.0520. The Morgan fingerprint density at radius 3 is 2.45 bits per heavy atom. The number of nitrogens with zero attached hydrogens (tertiary/aromatic N) is 2. The van der Waals surface area contributed by atoms with Crippen LogP contribution in [0.3, 0.4) is 0 Å². The standard InChI is InChI=1S/C20H28N4O5S2/c1-13-6-7-16(31(28,29)23-20(3,4)5)11-17(13)19(25)21-18-10-14(2)22-24(18)15-8-9-30(26,27)12-15/h6-7,10-11,15,23H,8-9,12H2,1-5H3,(H,21,25). The van der Waals surface area contributed by atoms with Crippen molar-refractivity contribution < 1.29 is 21.6 Å². The molecule has 31 heavy (non-hydrogen) atoms. The quantitative estimate of drug-likeness (QED) is 0.692. The highest BCUT2D eigenvalue weighted by molar-refractivity contribution is 7.91. The molecule has 11 heteroatoms. The Bertz CT molecular complexity index is 1220. The van der Waals surface area contributed by atoms with Crippen LogP contribution in [0.5, 0.6) is 0 Å². The van der Waals surface area contributed by atoms with Gasteiger partial charge in [0.15, 0.2) is 9.84 Å².